The Morgan fingerprint density at radius 2 is 1.81 bits per heavy atom. The van der Waals surface area contributed by atoms with Gasteiger partial charge < -0.3 is 10.1 Å². The smallest absolute Gasteiger partial charge is 0.167 e. The van der Waals surface area contributed by atoms with Crippen LogP contribution >= 0.6 is 0 Å². The van der Waals surface area contributed by atoms with Crippen molar-refractivity contribution >= 4 is 5.69 Å². The molecule has 0 spiro atoms. The first-order chi connectivity index (χ1) is 10.0. The van der Waals surface area contributed by atoms with Gasteiger partial charge in [0.25, 0.3) is 0 Å². The minimum Gasteiger partial charge on any atom is -0.491 e. The van der Waals surface area contributed by atoms with Gasteiger partial charge in [0.2, 0.25) is 0 Å². The van der Waals surface area contributed by atoms with Crippen LogP contribution in [0.15, 0.2) is 36.4 Å². The molecule has 0 amide bonds. The first kappa shape index (κ1) is 15.2. The summed E-state index contributed by atoms with van der Waals surface area (Å²) in [6.07, 6.45) is 0. The van der Waals surface area contributed by atoms with E-state index >= 15 is 0 Å². The molecular formula is C16H16F3NO. The molecule has 0 aliphatic carbocycles. The number of hydrogen-bond acceptors (Lipinski definition) is 2. The lowest BCUT2D eigenvalue weighted by Gasteiger charge is -2.17. The zero-order valence-corrected chi connectivity index (χ0v) is 11.8. The topological polar surface area (TPSA) is 21.3 Å². The molecule has 112 valence electrons. The standard InChI is InChI=1S/C16H16F3NO/c1-3-21-16-7-5-12(9-15(16)19)20-10(2)13-6-4-11(17)8-14(13)18/h4-10,20H,3H2,1-2H3. The van der Waals surface area contributed by atoms with E-state index in [1.54, 1.807) is 19.9 Å². The normalized spacial score (nSPS) is 12.0. The maximum Gasteiger partial charge on any atom is 0.167 e. The maximum atomic E-state index is 13.7. The fourth-order valence-corrected chi connectivity index (χ4v) is 2.04. The van der Waals surface area contributed by atoms with E-state index in [1.807, 2.05) is 0 Å². The Morgan fingerprint density at radius 1 is 1.05 bits per heavy atom. The molecule has 0 fully saturated rings. The summed E-state index contributed by atoms with van der Waals surface area (Å²) in [4.78, 5) is 0. The number of benzene rings is 2. The highest BCUT2D eigenvalue weighted by Gasteiger charge is 2.12. The Hall–Kier alpha value is -2.17. The van der Waals surface area contributed by atoms with E-state index in [0.717, 1.165) is 6.07 Å². The fraction of sp³-hybridized carbons (Fsp3) is 0.250. The van der Waals surface area contributed by atoms with Crippen molar-refractivity contribution in [3.63, 3.8) is 0 Å². The molecule has 2 aromatic rings. The van der Waals surface area contributed by atoms with Crippen LogP contribution < -0.4 is 10.1 Å². The molecule has 0 radical (unpaired) electrons. The highest BCUT2D eigenvalue weighted by Crippen LogP contribution is 2.26. The highest BCUT2D eigenvalue weighted by atomic mass is 19.1. The predicted octanol–water partition coefficient (Wildman–Crippen LogP) is 4.68. The van der Waals surface area contributed by atoms with Crippen molar-refractivity contribution in [1.29, 1.82) is 0 Å². The number of halogens is 3. The molecule has 0 aliphatic heterocycles. The summed E-state index contributed by atoms with van der Waals surface area (Å²) < 4.78 is 45.4. The number of ether oxygens (including phenoxy) is 1. The Labute approximate surface area is 121 Å². The highest BCUT2D eigenvalue weighted by molar-refractivity contribution is 5.49. The summed E-state index contributed by atoms with van der Waals surface area (Å²) in [5.74, 6) is -1.59. The summed E-state index contributed by atoms with van der Waals surface area (Å²) in [5, 5.41) is 2.97. The average molecular weight is 295 g/mol. The van der Waals surface area contributed by atoms with E-state index in [2.05, 4.69) is 5.32 Å². The third-order valence-electron chi connectivity index (χ3n) is 3.04. The fourth-order valence-electron chi connectivity index (χ4n) is 2.04. The summed E-state index contributed by atoms with van der Waals surface area (Å²) in [5.41, 5.74) is 0.804. The van der Waals surface area contributed by atoms with Gasteiger partial charge >= 0.3 is 0 Å². The van der Waals surface area contributed by atoms with E-state index in [-0.39, 0.29) is 5.75 Å². The Balaban J connectivity index is 2.15. The Kier molecular flexibility index (Phi) is 4.73. The van der Waals surface area contributed by atoms with Crippen molar-refractivity contribution < 1.29 is 17.9 Å². The molecule has 0 aliphatic rings. The first-order valence-electron chi connectivity index (χ1n) is 6.65. The SMILES string of the molecule is CCOc1ccc(NC(C)c2ccc(F)cc2F)cc1F. The molecule has 0 heterocycles. The molecule has 2 aromatic carbocycles. The van der Waals surface area contributed by atoms with Crippen LogP contribution in [-0.2, 0) is 0 Å². The number of hydrogen-bond donors (Lipinski definition) is 1. The van der Waals surface area contributed by atoms with Crippen molar-refractivity contribution in [3.05, 3.63) is 59.4 Å². The number of rotatable bonds is 5. The second kappa shape index (κ2) is 6.52. The van der Waals surface area contributed by atoms with E-state index in [1.165, 1.54) is 24.3 Å². The monoisotopic (exact) mass is 295 g/mol. The lowest BCUT2D eigenvalue weighted by molar-refractivity contribution is 0.321. The molecule has 0 saturated carbocycles. The van der Waals surface area contributed by atoms with Crippen LogP contribution in [0.25, 0.3) is 0 Å². The largest absolute Gasteiger partial charge is 0.491 e. The summed E-state index contributed by atoms with van der Waals surface area (Å²) in [6.45, 7) is 3.86. The van der Waals surface area contributed by atoms with E-state index in [0.29, 0.717) is 17.9 Å². The number of anilines is 1. The van der Waals surface area contributed by atoms with E-state index in [9.17, 15) is 13.2 Å². The molecule has 5 heteroatoms. The maximum absolute atomic E-state index is 13.7. The summed E-state index contributed by atoms with van der Waals surface area (Å²) in [6, 6.07) is 7.39. The third kappa shape index (κ3) is 3.68. The molecule has 2 rings (SSSR count). The van der Waals surface area contributed by atoms with Crippen LogP contribution in [0.2, 0.25) is 0 Å². The molecule has 0 bridgehead atoms. The van der Waals surface area contributed by atoms with Crippen molar-refractivity contribution in [2.45, 2.75) is 19.9 Å². The third-order valence-corrected chi connectivity index (χ3v) is 3.04. The van der Waals surface area contributed by atoms with Crippen LogP contribution in [-0.4, -0.2) is 6.61 Å². The summed E-state index contributed by atoms with van der Waals surface area (Å²) >= 11 is 0. The lowest BCUT2D eigenvalue weighted by Crippen LogP contribution is -2.09. The summed E-state index contributed by atoms with van der Waals surface area (Å²) in [7, 11) is 0. The van der Waals surface area contributed by atoms with Gasteiger partial charge in [0.1, 0.15) is 11.6 Å². The van der Waals surface area contributed by atoms with Gasteiger partial charge in [-0.05, 0) is 32.0 Å². The number of nitrogens with one attached hydrogen (secondary N) is 1. The van der Waals surface area contributed by atoms with Gasteiger partial charge in [0, 0.05) is 23.4 Å². The quantitative estimate of drug-likeness (QED) is 0.865. The van der Waals surface area contributed by atoms with Gasteiger partial charge in [-0.25, -0.2) is 13.2 Å². The minimum atomic E-state index is -0.638. The lowest BCUT2D eigenvalue weighted by atomic mass is 10.1. The van der Waals surface area contributed by atoms with Crippen molar-refractivity contribution in [2.75, 3.05) is 11.9 Å². The van der Waals surface area contributed by atoms with Crippen molar-refractivity contribution in [3.8, 4) is 5.75 Å². The van der Waals surface area contributed by atoms with Gasteiger partial charge in [-0.2, -0.15) is 0 Å². The second-order valence-electron chi connectivity index (χ2n) is 4.61. The van der Waals surface area contributed by atoms with Gasteiger partial charge in [0.05, 0.1) is 12.6 Å². The molecule has 1 N–H and O–H groups in total. The Morgan fingerprint density at radius 3 is 2.43 bits per heavy atom. The van der Waals surface area contributed by atoms with Crippen LogP contribution in [0.3, 0.4) is 0 Å². The van der Waals surface area contributed by atoms with Gasteiger partial charge in [-0.3, -0.25) is 0 Å². The molecule has 21 heavy (non-hydrogen) atoms. The Bertz CT molecular complexity index is 631. The zero-order valence-electron chi connectivity index (χ0n) is 11.8. The first-order valence-corrected chi connectivity index (χ1v) is 6.65. The molecule has 1 unspecified atom stereocenters. The van der Waals surface area contributed by atoms with Crippen LogP contribution in [0, 0.1) is 17.5 Å². The molecule has 1 atom stereocenters. The van der Waals surface area contributed by atoms with Crippen LogP contribution in [0.5, 0.6) is 5.75 Å². The van der Waals surface area contributed by atoms with Gasteiger partial charge in [-0.1, -0.05) is 6.07 Å². The van der Waals surface area contributed by atoms with Gasteiger partial charge in [-0.15, -0.1) is 0 Å². The van der Waals surface area contributed by atoms with E-state index < -0.39 is 23.5 Å². The average Bonchev–Trinajstić information content (AvgIpc) is 2.41. The molecule has 0 saturated heterocycles. The zero-order chi connectivity index (χ0) is 15.4. The van der Waals surface area contributed by atoms with Crippen molar-refractivity contribution in [2.24, 2.45) is 0 Å². The molecule has 0 aromatic heterocycles. The minimum absolute atomic E-state index is 0.170. The van der Waals surface area contributed by atoms with Crippen LogP contribution in [0.4, 0.5) is 18.9 Å². The van der Waals surface area contributed by atoms with E-state index in [4.69, 9.17) is 4.74 Å². The van der Waals surface area contributed by atoms with Crippen molar-refractivity contribution in [1.82, 2.24) is 0 Å². The van der Waals surface area contributed by atoms with Gasteiger partial charge in [0.15, 0.2) is 11.6 Å². The second-order valence-corrected chi connectivity index (χ2v) is 4.61. The molecule has 2 nitrogen and oxygen atoms in total. The molecular weight excluding hydrogens is 279 g/mol. The predicted molar refractivity (Wildman–Crippen MR) is 76.0 cm³/mol. The van der Waals surface area contributed by atoms with Crippen LogP contribution in [0.1, 0.15) is 25.5 Å².